The lowest BCUT2D eigenvalue weighted by atomic mass is 10.00. The SMILES string of the molecule is CCC(C)CCCCCCCCC(=O)OC[C@H](COP(=O)(O)OC[C@H](O)COP(=O)(O)OC[C@@H](COC(=O)CCCCCCCCCCCCCCCCCC(C)C)OC(=O)CCCCCCCCC(C)CC)OC(=O)CCCCCCCCCCCCCCCCC(C)C. The fraction of sp³-hybridized carbons (Fsp3) is 0.947. The van der Waals surface area contributed by atoms with E-state index < -0.39 is 97.5 Å². The number of ether oxygens (including phenoxy) is 4. The molecule has 0 amide bonds. The predicted octanol–water partition coefficient (Wildman–Crippen LogP) is 22.0. The number of hydrogen-bond acceptors (Lipinski definition) is 15. The summed E-state index contributed by atoms with van der Waals surface area (Å²) in [6.07, 6.45) is 50.1. The van der Waals surface area contributed by atoms with E-state index in [1.165, 1.54) is 180 Å². The molecule has 19 heteroatoms. The van der Waals surface area contributed by atoms with Crippen LogP contribution in [-0.2, 0) is 65.4 Å². The monoisotopic (exact) mass is 1400 g/mol. The Balaban J connectivity index is 5.19. The van der Waals surface area contributed by atoms with Gasteiger partial charge in [-0.25, -0.2) is 9.13 Å². The summed E-state index contributed by atoms with van der Waals surface area (Å²) in [6, 6.07) is 0. The van der Waals surface area contributed by atoms with E-state index in [4.69, 9.17) is 37.0 Å². The maximum atomic E-state index is 13.1. The first-order valence-electron chi connectivity index (χ1n) is 39.3. The van der Waals surface area contributed by atoms with Crippen molar-refractivity contribution in [1.29, 1.82) is 0 Å². The Morgan fingerprint density at radius 2 is 0.505 bits per heavy atom. The Morgan fingerprint density at radius 3 is 0.747 bits per heavy atom. The molecule has 0 radical (unpaired) electrons. The van der Waals surface area contributed by atoms with Gasteiger partial charge in [0, 0.05) is 25.7 Å². The van der Waals surface area contributed by atoms with Crippen LogP contribution in [0.5, 0.6) is 0 Å². The summed E-state index contributed by atoms with van der Waals surface area (Å²) in [7, 11) is -9.91. The van der Waals surface area contributed by atoms with Crippen LogP contribution in [0.2, 0.25) is 0 Å². The second-order valence-electron chi connectivity index (χ2n) is 28.8. The summed E-state index contributed by atoms with van der Waals surface area (Å²) in [4.78, 5) is 72.8. The van der Waals surface area contributed by atoms with E-state index >= 15 is 0 Å². The minimum absolute atomic E-state index is 0.103. The normalized spacial score (nSPS) is 14.7. The molecule has 95 heavy (non-hydrogen) atoms. The zero-order valence-corrected chi connectivity index (χ0v) is 64.1. The van der Waals surface area contributed by atoms with E-state index in [0.717, 1.165) is 120 Å². The first-order valence-corrected chi connectivity index (χ1v) is 42.3. The Bertz CT molecular complexity index is 1870. The number of aliphatic hydroxyl groups excluding tert-OH is 1. The average molecular weight is 1400 g/mol. The number of phosphoric acid groups is 2. The second kappa shape index (κ2) is 65.4. The minimum Gasteiger partial charge on any atom is -0.462 e. The lowest BCUT2D eigenvalue weighted by Gasteiger charge is -2.21. The van der Waals surface area contributed by atoms with Crippen molar-refractivity contribution < 1.29 is 80.2 Å². The number of aliphatic hydroxyl groups is 1. The van der Waals surface area contributed by atoms with Crippen LogP contribution in [0, 0.1) is 23.7 Å². The Hall–Kier alpha value is -1.94. The summed E-state index contributed by atoms with van der Waals surface area (Å²) in [5.74, 6) is 0.928. The van der Waals surface area contributed by atoms with Gasteiger partial charge in [-0.2, -0.15) is 0 Å². The molecule has 0 aromatic heterocycles. The van der Waals surface area contributed by atoms with Crippen LogP contribution >= 0.6 is 15.6 Å². The van der Waals surface area contributed by atoms with Crippen LogP contribution in [-0.4, -0.2) is 96.7 Å². The van der Waals surface area contributed by atoms with Crippen LogP contribution in [0.1, 0.15) is 383 Å². The lowest BCUT2D eigenvalue weighted by Crippen LogP contribution is -2.30. The van der Waals surface area contributed by atoms with E-state index in [9.17, 15) is 43.2 Å². The molecule has 4 unspecified atom stereocenters. The fourth-order valence-corrected chi connectivity index (χ4v) is 13.1. The highest BCUT2D eigenvalue weighted by atomic mass is 31.2. The zero-order chi connectivity index (χ0) is 70.3. The van der Waals surface area contributed by atoms with Gasteiger partial charge >= 0.3 is 39.5 Å². The second-order valence-corrected chi connectivity index (χ2v) is 31.7. The maximum Gasteiger partial charge on any atom is 0.472 e. The molecule has 0 saturated carbocycles. The molecule has 0 spiro atoms. The smallest absolute Gasteiger partial charge is 0.462 e. The highest BCUT2D eigenvalue weighted by Crippen LogP contribution is 2.45. The summed E-state index contributed by atoms with van der Waals surface area (Å²) in [5.41, 5.74) is 0. The van der Waals surface area contributed by atoms with Gasteiger partial charge in [0.15, 0.2) is 12.2 Å². The molecule has 0 aliphatic rings. The standard InChI is InChI=1S/C76H148O17P2/c1-9-68(7)54-46-38-32-34-41-49-57-74(79)87-63-71(92-75(80)58-50-42-31-27-23-19-15-14-17-21-25-29-37-45-53-67(5)6)64-90-94(82,83)88-60-70(77)61-89-95(84,85)91-65-72(93-76(81)59-51-43-35-33-39-47-55-69(8)10-2)62-86-73(78)56-48-40-30-26-22-18-13-11-12-16-20-24-28-36-44-52-66(3)4/h66-72,77H,9-65H2,1-8H3,(H,82,83)(H,84,85)/t68?,69?,70-,71+,72+/m0/s1. The molecule has 0 aliphatic carbocycles. The van der Waals surface area contributed by atoms with Crippen LogP contribution in [0.4, 0.5) is 0 Å². The molecule has 17 nitrogen and oxygen atoms in total. The quantitative estimate of drug-likeness (QED) is 0.0222. The van der Waals surface area contributed by atoms with Crippen LogP contribution in [0.15, 0.2) is 0 Å². The highest BCUT2D eigenvalue weighted by molar-refractivity contribution is 7.47. The fourth-order valence-electron chi connectivity index (χ4n) is 11.5. The molecule has 0 aromatic rings. The Labute approximate surface area is 581 Å². The van der Waals surface area contributed by atoms with Gasteiger partial charge < -0.3 is 33.8 Å². The molecule has 0 aromatic carbocycles. The zero-order valence-electron chi connectivity index (χ0n) is 62.3. The average Bonchev–Trinajstić information content (AvgIpc) is 1.95. The first-order chi connectivity index (χ1) is 45.7. The topological polar surface area (TPSA) is 237 Å². The van der Waals surface area contributed by atoms with Crippen molar-refractivity contribution in [2.75, 3.05) is 39.6 Å². The minimum atomic E-state index is -4.96. The summed E-state index contributed by atoms with van der Waals surface area (Å²) in [5, 5.41) is 10.6. The number of unbranched alkanes of at least 4 members (excludes halogenated alkanes) is 37. The molecule has 3 N–H and O–H groups in total. The van der Waals surface area contributed by atoms with Crippen molar-refractivity contribution in [3.05, 3.63) is 0 Å². The van der Waals surface area contributed by atoms with E-state index in [1.807, 2.05) is 0 Å². The molecule has 564 valence electrons. The van der Waals surface area contributed by atoms with E-state index in [0.29, 0.717) is 25.7 Å². The van der Waals surface area contributed by atoms with Crippen LogP contribution in [0.25, 0.3) is 0 Å². The van der Waals surface area contributed by atoms with E-state index in [1.54, 1.807) is 0 Å². The van der Waals surface area contributed by atoms with E-state index in [-0.39, 0.29) is 25.7 Å². The van der Waals surface area contributed by atoms with Crippen molar-refractivity contribution >= 4 is 39.5 Å². The van der Waals surface area contributed by atoms with E-state index in [2.05, 4.69) is 55.4 Å². The van der Waals surface area contributed by atoms with Gasteiger partial charge in [-0.05, 0) is 49.4 Å². The molecule has 0 saturated heterocycles. The largest absolute Gasteiger partial charge is 0.472 e. The Morgan fingerprint density at radius 1 is 0.295 bits per heavy atom. The third-order valence-corrected chi connectivity index (χ3v) is 20.2. The third-order valence-electron chi connectivity index (χ3n) is 18.3. The van der Waals surface area contributed by atoms with Crippen molar-refractivity contribution in [1.82, 2.24) is 0 Å². The number of carbonyl (C=O) groups is 4. The predicted molar refractivity (Wildman–Crippen MR) is 386 cm³/mol. The van der Waals surface area contributed by atoms with Gasteiger partial charge in [0.2, 0.25) is 0 Å². The lowest BCUT2D eigenvalue weighted by molar-refractivity contribution is -0.161. The van der Waals surface area contributed by atoms with Gasteiger partial charge in [-0.3, -0.25) is 37.3 Å². The summed E-state index contributed by atoms with van der Waals surface area (Å²) in [6.45, 7) is 14.2. The van der Waals surface area contributed by atoms with Crippen molar-refractivity contribution in [2.24, 2.45) is 23.7 Å². The van der Waals surface area contributed by atoms with Crippen molar-refractivity contribution in [3.8, 4) is 0 Å². The van der Waals surface area contributed by atoms with Gasteiger partial charge in [0.25, 0.3) is 0 Å². The van der Waals surface area contributed by atoms with Crippen LogP contribution in [0.3, 0.4) is 0 Å². The van der Waals surface area contributed by atoms with Gasteiger partial charge in [0.1, 0.15) is 19.3 Å². The number of rotatable bonds is 73. The van der Waals surface area contributed by atoms with Crippen LogP contribution < -0.4 is 0 Å². The molecule has 7 atom stereocenters. The number of hydrogen-bond donors (Lipinski definition) is 3. The van der Waals surface area contributed by atoms with Crippen molar-refractivity contribution in [3.63, 3.8) is 0 Å². The summed E-state index contributed by atoms with van der Waals surface area (Å²) >= 11 is 0. The highest BCUT2D eigenvalue weighted by Gasteiger charge is 2.30. The molecule has 0 aliphatic heterocycles. The first kappa shape index (κ1) is 93.1. The maximum absolute atomic E-state index is 13.1. The third kappa shape index (κ3) is 67.6. The molecule has 0 rings (SSSR count). The summed E-state index contributed by atoms with van der Waals surface area (Å²) < 4.78 is 68.5. The Kier molecular flexibility index (Phi) is 64.0. The molecule has 0 heterocycles. The number of esters is 4. The van der Waals surface area contributed by atoms with Gasteiger partial charge in [-0.1, -0.05) is 331 Å². The molecular weight excluding hydrogens is 1250 g/mol. The van der Waals surface area contributed by atoms with Gasteiger partial charge in [-0.15, -0.1) is 0 Å². The molecule has 0 fully saturated rings. The number of phosphoric ester groups is 2. The van der Waals surface area contributed by atoms with Gasteiger partial charge in [0.05, 0.1) is 26.4 Å². The molecular formula is C76H148O17P2. The molecule has 0 bridgehead atoms. The number of carbonyl (C=O) groups excluding carboxylic acids is 4. The van der Waals surface area contributed by atoms with Crippen molar-refractivity contribution in [2.45, 2.75) is 401 Å².